The molecule has 19 heavy (non-hydrogen) atoms. The van der Waals surface area contributed by atoms with Crippen molar-refractivity contribution in [2.75, 3.05) is 0 Å². The molecule has 0 atom stereocenters. The molecule has 0 saturated heterocycles. The lowest BCUT2D eigenvalue weighted by Crippen LogP contribution is -2.43. The van der Waals surface area contributed by atoms with Crippen LogP contribution in [0.3, 0.4) is 0 Å². The topological polar surface area (TPSA) is 26.0 Å². The Hall–Kier alpha value is -1.02. The Labute approximate surface area is 123 Å². The van der Waals surface area contributed by atoms with E-state index in [2.05, 4.69) is 24.3 Å². The lowest BCUT2D eigenvalue weighted by atomic mass is 9.89. The van der Waals surface area contributed by atoms with Gasteiger partial charge in [-0.2, -0.15) is 0 Å². The number of hydrogen-bond acceptors (Lipinski definition) is 1. The smallest absolute Gasteiger partial charge is 0.0453 e. The minimum atomic E-state index is -0.235. The van der Waals surface area contributed by atoms with Crippen LogP contribution in [0.1, 0.15) is 16.7 Å². The molecule has 0 fully saturated rings. The van der Waals surface area contributed by atoms with Crippen molar-refractivity contribution in [3.63, 3.8) is 0 Å². The van der Waals surface area contributed by atoms with Crippen LogP contribution in [0.15, 0.2) is 42.5 Å². The van der Waals surface area contributed by atoms with Crippen LogP contribution in [0.5, 0.6) is 0 Å². The van der Waals surface area contributed by atoms with Gasteiger partial charge in [-0.3, -0.25) is 0 Å². The minimum absolute atomic E-state index is 0.235. The Morgan fingerprint density at radius 2 is 1.63 bits per heavy atom. The maximum absolute atomic E-state index is 6.56. The average molecular weight is 292 g/mol. The number of nitrogens with two attached hydrogens (primary N) is 1. The summed E-state index contributed by atoms with van der Waals surface area (Å²) >= 11 is 12.2. The van der Waals surface area contributed by atoms with E-state index in [9.17, 15) is 0 Å². The third kappa shape index (κ3) is 2.64. The van der Waals surface area contributed by atoms with Gasteiger partial charge in [0, 0.05) is 15.6 Å². The van der Waals surface area contributed by atoms with Gasteiger partial charge in [-0.1, -0.05) is 53.5 Å². The van der Waals surface area contributed by atoms with Crippen LogP contribution >= 0.6 is 23.2 Å². The third-order valence-electron chi connectivity index (χ3n) is 3.76. The number of rotatable bonds is 2. The lowest BCUT2D eigenvalue weighted by Gasteiger charge is -2.24. The predicted molar refractivity (Wildman–Crippen MR) is 80.9 cm³/mol. The molecule has 0 aromatic heterocycles. The maximum atomic E-state index is 6.56. The Bertz CT molecular complexity index is 597. The Morgan fingerprint density at radius 1 is 1.00 bits per heavy atom. The summed E-state index contributed by atoms with van der Waals surface area (Å²) in [5.74, 6) is 0. The quantitative estimate of drug-likeness (QED) is 0.888. The average Bonchev–Trinajstić information content (AvgIpc) is 2.69. The highest BCUT2D eigenvalue weighted by Gasteiger charge is 2.33. The third-order valence-corrected chi connectivity index (χ3v) is 4.35. The van der Waals surface area contributed by atoms with E-state index < -0.39 is 0 Å². The summed E-state index contributed by atoms with van der Waals surface area (Å²) in [6.07, 6.45) is 2.59. The van der Waals surface area contributed by atoms with Gasteiger partial charge in [-0.15, -0.1) is 0 Å². The minimum Gasteiger partial charge on any atom is -0.324 e. The summed E-state index contributed by atoms with van der Waals surface area (Å²) in [6.45, 7) is 0. The van der Waals surface area contributed by atoms with Crippen LogP contribution in [-0.2, 0) is 19.3 Å². The largest absolute Gasteiger partial charge is 0.324 e. The van der Waals surface area contributed by atoms with Crippen molar-refractivity contribution in [2.24, 2.45) is 5.73 Å². The molecule has 0 aliphatic heterocycles. The second kappa shape index (κ2) is 4.82. The molecule has 0 saturated carbocycles. The first-order chi connectivity index (χ1) is 9.06. The standard InChI is InChI=1S/C16H15Cl2N/c17-14-6-5-13(15(18)7-14)10-16(19)8-11-3-1-2-4-12(11)9-16/h1-7H,8-10,19H2. The molecule has 1 aliphatic rings. The van der Waals surface area contributed by atoms with Crippen molar-refractivity contribution in [1.82, 2.24) is 0 Å². The van der Waals surface area contributed by atoms with E-state index in [-0.39, 0.29) is 5.54 Å². The molecule has 0 spiro atoms. The molecule has 1 aliphatic carbocycles. The monoisotopic (exact) mass is 291 g/mol. The number of hydrogen-bond donors (Lipinski definition) is 1. The molecule has 0 heterocycles. The van der Waals surface area contributed by atoms with Gasteiger partial charge in [0.1, 0.15) is 0 Å². The van der Waals surface area contributed by atoms with Crippen LogP contribution in [0, 0.1) is 0 Å². The van der Waals surface area contributed by atoms with Crippen LogP contribution in [0.2, 0.25) is 10.0 Å². The van der Waals surface area contributed by atoms with Crippen LogP contribution in [-0.4, -0.2) is 5.54 Å². The van der Waals surface area contributed by atoms with Gasteiger partial charge in [-0.05, 0) is 48.1 Å². The van der Waals surface area contributed by atoms with Gasteiger partial charge in [-0.25, -0.2) is 0 Å². The second-order valence-corrected chi connectivity index (χ2v) is 6.24. The fourth-order valence-electron chi connectivity index (χ4n) is 2.89. The molecule has 3 heteroatoms. The number of benzene rings is 2. The first-order valence-corrected chi connectivity index (χ1v) is 7.11. The summed E-state index contributed by atoms with van der Waals surface area (Å²) in [5, 5.41) is 1.36. The summed E-state index contributed by atoms with van der Waals surface area (Å²) in [5.41, 5.74) is 10.1. The van der Waals surface area contributed by atoms with Gasteiger partial charge < -0.3 is 5.73 Å². The zero-order valence-electron chi connectivity index (χ0n) is 10.5. The molecule has 98 valence electrons. The highest BCUT2D eigenvalue weighted by molar-refractivity contribution is 6.35. The van der Waals surface area contributed by atoms with E-state index in [0.29, 0.717) is 10.0 Å². The van der Waals surface area contributed by atoms with E-state index in [1.807, 2.05) is 12.1 Å². The summed E-state index contributed by atoms with van der Waals surface area (Å²) < 4.78 is 0. The second-order valence-electron chi connectivity index (χ2n) is 5.40. The molecule has 1 nitrogen and oxygen atoms in total. The molecule has 2 N–H and O–H groups in total. The first-order valence-electron chi connectivity index (χ1n) is 6.35. The summed E-state index contributed by atoms with van der Waals surface area (Å²) in [4.78, 5) is 0. The van der Waals surface area contributed by atoms with Crippen molar-refractivity contribution in [3.8, 4) is 0 Å². The van der Waals surface area contributed by atoms with E-state index in [0.717, 1.165) is 24.8 Å². The summed E-state index contributed by atoms with van der Waals surface area (Å²) in [6, 6.07) is 14.1. The van der Waals surface area contributed by atoms with Crippen LogP contribution < -0.4 is 5.73 Å². The molecule has 3 rings (SSSR count). The van der Waals surface area contributed by atoms with E-state index in [1.165, 1.54) is 11.1 Å². The Morgan fingerprint density at radius 3 is 2.21 bits per heavy atom. The molecule has 2 aromatic carbocycles. The number of fused-ring (bicyclic) bond motifs is 1. The van der Waals surface area contributed by atoms with Crippen molar-refractivity contribution in [3.05, 3.63) is 69.2 Å². The van der Waals surface area contributed by atoms with E-state index >= 15 is 0 Å². The highest BCUT2D eigenvalue weighted by atomic mass is 35.5. The Balaban J connectivity index is 1.85. The highest BCUT2D eigenvalue weighted by Crippen LogP contribution is 2.33. The van der Waals surface area contributed by atoms with Crippen molar-refractivity contribution >= 4 is 23.2 Å². The fourth-order valence-corrected chi connectivity index (χ4v) is 3.37. The predicted octanol–water partition coefficient (Wildman–Crippen LogP) is 4.03. The molecule has 0 amide bonds. The maximum Gasteiger partial charge on any atom is 0.0453 e. The molecular formula is C16H15Cl2N. The van der Waals surface area contributed by atoms with Gasteiger partial charge in [0.25, 0.3) is 0 Å². The van der Waals surface area contributed by atoms with Gasteiger partial charge in [0.15, 0.2) is 0 Å². The molecule has 2 aromatic rings. The molecular weight excluding hydrogens is 277 g/mol. The van der Waals surface area contributed by atoms with Crippen LogP contribution in [0.25, 0.3) is 0 Å². The molecule has 0 bridgehead atoms. The lowest BCUT2D eigenvalue weighted by molar-refractivity contribution is 0.446. The normalized spacial score (nSPS) is 16.4. The van der Waals surface area contributed by atoms with Crippen molar-refractivity contribution < 1.29 is 0 Å². The molecule has 0 unspecified atom stereocenters. The zero-order chi connectivity index (χ0) is 13.5. The van der Waals surface area contributed by atoms with Gasteiger partial charge in [0.2, 0.25) is 0 Å². The van der Waals surface area contributed by atoms with E-state index in [4.69, 9.17) is 28.9 Å². The van der Waals surface area contributed by atoms with Crippen LogP contribution in [0.4, 0.5) is 0 Å². The SMILES string of the molecule is NC1(Cc2ccc(Cl)cc2Cl)Cc2ccccc2C1. The summed E-state index contributed by atoms with van der Waals surface area (Å²) in [7, 11) is 0. The number of halogens is 2. The van der Waals surface area contributed by atoms with Crippen molar-refractivity contribution in [1.29, 1.82) is 0 Å². The van der Waals surface area contributed by atoms with E-state index in [1.54, 1.807) is 6.07 Å². The van der Waals surface area contributed by atoms with Gasteiger partial charge in [0.05, 0.1) is 0 Å². The zero-order valence-corrected chi connectivity index (χ0v) is 12.0. The fraction of sp³-hybridized carbons (Fsp3) is 0.250. The van der Waals surface area contributed by atoms with Crippen molar-refractivity contribution in [2.45, 2.75) is 24.8 Å². The Kier molecular flexibility index (Phi) is 3.30. The molecule has 0 radical (unpaired) electrons. The first kappa shape index (κ1) is 13.0. The van der Waals surface area contributed by atoms with Gasteiger partial charge >= 0.3 is 0 Å².